The quantitative estimate of drug-likeness (QED) is 0.845. The monoisotopic (exact) mass is 335 g/mol. The van der Waals surface area contributed by atoms with E-state index in [1.165, 1.54) is 0 Å². The SMILES string of the molecule is CCC(CC)C(NS(=O)(=O)c1cn(C)c(C)n1)c1ccccc1. The van der Waals surface area contributed by atoms with Gasteiger partial charge in [-0.15, -0.1) is 0 Å². The van der Waals surface area contributed by atoms with Gasteiger partial charge in [0.05, 0.1) is 0 Å². The van der Waals surface area contributed by atoms with Crippen LogP contribution in [0.1, 0.15) is 44.1 Å². The van der Waals surface area contributed by atoms with Crippen LogP contribution in [0.2, 0.25) is 0 Å². The summed E-state index contributed by atoms with van der Waals surface area (Å²) in [6.45, 7) is 5.96. The Kier molecular flexibility index (Phi) is 5.59. The molecule has 0 aliphatic rings. The smallest absolute Gasteiger partial charge is 0.260 e. The summed E-state index contributed by atoms with van der Waals surface area (Å²) in [5, 5.41) is 0.0735. The molecule has 0 aliphatic carbocycles. The van der Waals surface area contributed by atoms with E-state index in [4.69, 9.17) is 0 Å². The minimum Gasteiger partial charge on any atom is -0.337 e. The topological polar surface area (TPSA) is 64.0 Å². The summed E-state index contributed by atoms with van der Waals surface area (Å²) < 4.78 is 30.0. The van der Waals surface area contributed by atoms with Crippen LogP contribution < -0.4 is 4.72 Å². The molecule has 1 unspecified atom stereocenters. The van der Waals surface area contributed by atoms with E-state index in [0.29, 0.717) is 5.82 Å². The van der Waals surface area contributed by atoms with Crippen molar-refractivity contribution in [3.05, 3.63) is 47.9 Å². The van der Waals surface area contributed by atoms with Gasteiger partial charge in [-0.25, -0.2) is 18.1 Å². The molecule has 23 heavy (non-hydrogen) atoms. The zero-order valence-corrected chi connectivity index (χ0v) is 15.0. The first-order valence-electron chi connectivity index (χ1n) is 7.96. The molecule has 126 valence electrons. The van der Waals surface area contributed by atoms with Crippen LogP contribution in [-0.4, -0.2) is 18.0 Å². The lowest BCUT2D eigenvalue weighted by Crippen LogP contribution is -2.33. The second kappa shape index (κ2) is 7.27. The standard InChI is InChI=1S/C17H25N3O2S/c1-5-14(6-2)17(15-10-8-7-9-11-15)19-23(21,22)16-12-20(4)13(3)18-16/h7-12,14,17,19H,5-6H2,1-4H3. The molecule has 1 aromatic carbocycles. The second-order valence-corrected chi connectivity index (χ2v) is 7.48. The van der Waals surface area contributed by atoms with Crippen LogP contribution in [0.4, 0.5) is 0 Å². The lowest BCUT2D eigenvalue weighted by atomic mass is 9.90. The van der Waals surface area contributed by atoms with E-state index >= 15 is 0 Å². The van der Waals surface area contributed by atoms with Crippen molar-refractivity contribution in [3.63, 3.8) is 0 Å². The molecule has 0 aliphatic heterocycles. The van der Waals surface area contributed by atoms with Crippen LogP contribution in [-0.2, 0) is 17.1 Å². The lowest BCUT2D eigenvalue weighted by molar-refractivity contribution is 0.378. The average Bonchev–Trinajstić information content (AvgIpc) is 2.88. The highest BCUT2D eigenvalue weighted by atomic mass is 32.2. The van der Waals surface area contributed by atoms with Crippen molar-refractivity contribution in [1.82, 2.24) is 14.3 Å². The summed E-state index contributed by atoms with van der Waals surface area (Å²) in [5.41, 5.74) is 0.984. The van der Waals surface area contributed by atoms with Gasteiger partial charge in [0.2, 0.25) is 0 Å². The molecular formula is C17H25N3O2S. The van der Waals surface area contributed by atoms with E-state index in [1.54, 1.807) is 24.7 Å². The predicted molar refractivity (Wildman–Crippen MR) is 91.5 cm³/mol. The maximum atomic E-state index is 12.7. The number of hydrogen-bond donors (Lipinski definition) is 1. The summed E-state index contributed by atoms with van der Waals surface area (Å²) in [6.07, 6.45) is 3.35. The Hall–Kier alpha value is -1.66. The maximum Gasteiger partial charge on any atom is 0.260 e. The summed E-state index contributed by atoms with van der Waals surface area (Å²) in [4.78, 5) is 4.15. The number of benzene rings is 1. The van der Waals surface area contributed by atoms with Crippen LogP contribution in [0, 0.1) is 12.8 Å². The minimum absolute atomic E-state index is 0.0735. The molecule has 0 amide bonds. The molecule has 0 saturated heterocycles. The molecule has 1 atom stereocenters. The van der Waals surface area contributed by atoms with Gasteiger partial charge in [0.25, 0.3) is 10.0 Å². The van der Waals surface area contributed by atoms with Crippen LogP contribution in [0.15, 0.2) is 41.6 Å². The molecule has 0 spiro atoms. The number of nitrogens with zero attached hydrogens (tertiary/aromatic N) is 2. The van der Waals surface area contributed by atoms with Crippen molar-refractivity contribution >= 4 is 10.0 Å². The summed E-state index contributed by atoms with van der Waals surface area (Å²) in [6, 6.07) is 9.49. The highest BCUT2D eigenvalue weighted by Crippen LogP contribution is 2.29. The fourth-order valence-electron chi connectivity index (χ4n) is 2.74. The zero-order chi connectivity index (χ0) is 17.0. The number of aromatic nitrogens is 2. The molecule has 0 bridgehead atoms. The van der Waals surface area contributed by atoms with Gasteiger partial charge in [-0.2, -0.15) is 0 Å². The highest BCUT2D eigenvalue weighted by molar-refractivity contribution is 7.89. The second-order valence-electron chi connectivity index (χ2n) is 5.82. The van der Waals surface area contributed by atoms with Gasteiger partial charge < -0.3 is 4.57 Å². The fraction of sp³-hybridized carbons (Fsp3) is 0.471. The Labute approximate surface area is 138 Å². The first-order valence-corrected chi connectivity index (χ1v) is 9.44. The molecule has 2 rings (SSSR count). The molecule has 0 saturated carbocycles. The Morgan fingerprint density at radius 3 is 2.26 bits per heavy atom. The van der Waals surface area contributed by atoms with Gasteiger partial charge in [-0.05, 0) is 18.4 Å². The van der Waals surface area contributed by atoms with E-state index < -0.39 is 10.0 Å². The maximum absolute atomic E-state index is 12.7. The van der Waals surface area contributed by atoms with E-state index in [9.17, 15) is 8.42 Å². The molecular weight excluding hydrogens is 310 g/mol. The number of sulfonamides is 1. The molecule has 2 aromatic rings. The number of imidazole rings is 1. The van der Waals surface area contributed by atoms with Crippen LogP contribution >= 0.6 is 0 Å². The summed E-state index contributed by atoms with van der Waals surface area (Å²) in [7, 11) is -1.87. The lowest BCUT2D eigenvalue weighted by Gasteiger charge is -2.26. The summed E-state index contributed by atoms with van der Waals surface area (Å²) in [5.74, 6) is 0.904. The number of rotatable bonds is 7. The van der Waals surface area contributed by atoms with E-state index in [0.717, 1.165) is 18.4 Å². The first-order chi connectivity index (χ1) is 10.9. The Balaban J connectivity index is 2.37. The summed E-state index contributed by atoms with van der Waals surface area (Å²) >= 11 is 0. The first kappa shape index (κ1) is 17.7. The Morgan fingerprint density at radius 2 is 1.78 bits per heavy atom. The fourth-order valence-corrected chi connectivity index (χ4v) is 4.07. The van der Waals surface area contributed by atoms with Crippen molar-refractivity contribution < 1.29 is 8.42 Å². The third-order valence-corrected chi connectivity index (χ3v) is 5.63. The van der Waals surface area contributed by atoms with Gasteiger partial charge in [0.1, 0.15) is 5.82 Å². The van der Waals surface area contributed by atoms with Gasteiger partial charge in [0.15, 0.2) is 5.03 Å². The van der Waals surface area contributed by atoms with Crippen molar-refractivity contribution in [2.75, 3.05) is 0 Å². The molecule has 1 aromatic heterocycles. The minimum atomic E-state index is -3.66. The van der Waals surface area contributed by atoms with Gasteiger partial charge >= 0.3 is 0 Å². The zero-order valence-electron chi connectivity index (χ0n) is 14.2. The van der Waals surface area contributed by atoms with Gasteiger partial charge in [-0.1, -0.05) is 57.0 Å². The largest absolute Gasteiger partial charge is 0.337 e. The Morgan fingerprint density at radius 1 is 1.17 bits per heavy atom. The number of hydrogen-bond acceptors (Lipinski definition) is 3. The van der Waals surface area contributed by atoms with E-state index in [-0.39, 0.29) is 17.0 Å². The predicted octanol–water partition coefficient (Wildman–Crippen LogP) is 3.18. The molecule has 0 fully saturated rings. The van der Waals surface area contributed by atoms with Crippen molar-refractivity contribution in [1.29, 1.82) is 0 Å². The average molecular weight is 335 g/mol. The third-order valence-electron chi connectivity index (χ3n) is 4.32. The van der Waals surface area contributed by atoms with Gasteiger partial charge in [0, 0.05) is 19.3 Å². The normalized spacial score (nSPS) is 13.4. The molecule has 0 radical (unpaired) electrons. The Bertz CT molecular complexity index is 715. The van der Waals surface area contributed by atoms with Crippen molar-refractivity contribution in [2.45, 2.75) is 44.7 Å². The molecule has 6 heteroatoms. The molecule has 5 nitrogen and oxygen atoms in total. The van der Waals surface area contributed by atoms with Crippen LogP contribution in [0.3, 0.4) is 0 Å². The van der Waals surface area contributed by atoms with Crippen LogP contribution in [0.25, 0.3) is 0 Å². The van der Waals surface area contributed by atoms with Crippen molar-refractivity contribution in [2.24, 2.45) is 13.0 Å². The molecule has 1 N–H and O–H groups in total. The van der Waals surface area contributed by atoms with E-state index in [1.807, 2.05) is 30.3 Å². The molecule has 1 heterocycles. The highest BCUT2D eigenvalue weighted by Gasteiger charge is 2.28. The van der Waals surface area contributed by atoms with Gasteiger partial charge in [-0.3, -0.25) is 0 Å². The third kappa shape index (κ3) is 4.00. The van der Waals surface area contributed by atoms with Crippen LogP contribution in [0.5, 0.6) is 0 Å². The van der Waals surface area contributed by atoms with Crippen molar-refractivity contribution in [3.8, 4) is 0 Å². The number of nitrogens with one attached hydrogen (secondary N) is 1. The number of aryl methyl sites for hydroxylation is 2. The van der Waals surface area contributed by atoms with E-state index in [2.05, 4.69) is 23.6 Å².